The van der Waals surface area contributed by atoms with Crippen LogP contribution >= 0.6 is 34.4 Å². The Bertz CT molecular complexity index is 313. The average molecular weight is 335 g/mol. The quantitative estimate of drug-likeness (QED) is 0.660. The third-order valence-electron chi connectivity index (χ3n) is 1.88. The van der Waals surface area contributed by atoms with E-state index in [0.717, 1.165) is 17.9 Å². The monoisotopic (exact) mass is 335 g/mol. The highest BCUT2D eigenvalue weighted by Crippen LogP contribution is 2.11. The lowest BCUT2D eigenvalue weighted by Crippen LogP contribution is -2.11. The van der Waals surface area contributed by atoms with Gasteiger partial charge in [0.25, 0.3) is 0 Å². The highest BCUT2D eigenvalue weighted by molar-refractivity contribution is 14.1. The third kappa shape index (κ3) is 5.41. The Morgan fingerprint density at radius 2 is 2.07 bits per heavy atom. The zero-order valence-electron chi connectivity index (χ0n) is 8.63. The van der Waals surface area contributed by atoms with Crippen molar-refractivity contribution in [3.63, 3.8) is 0 Å². The summed E-state index contributed by atoms with van der Waals surface area (Å²) in [6.45, 7) is 0. The van der Waals surface area contributed by atoms with E-state index in [1.807, 2.05) is 24.3 Å². The highest BCUT2D eigenvalue weighted by atomic mass is 127. The summed E-state index contributed by atoms with van der Waals surface area (Å²) in [5, 5.41) is 2.88. The summed E-state index contributed by atoms with van der Waals surface area (Å²) >= 11 is 4.01. The molecule has 0 heterocycles. The molecule has 0 saturated carbocycles. The molecule has 0 aliphatic heterocycles. The Balaban J connectivity index is 2.34. The number of anilines is 1. The van der Waals surface area contributed by atoms with E-state index in [1.54, 1.807) is 11.8 Å². The molecule has 4 heteroatoms. The van der Waals surface area contributed by atoms with E-state index in [1.165, 1.54) is 3.57 Å². The van der Waals surface area contributed by atoms with Gasteiger partial charge in [-0.25, -0.2) is 0 Å². The first-order chi connectivity index (χ1) is 7.22. The molecule has 1 aromatic carbocycles. The Kier molecular flexibility index (Phi) is 6.09. The minimum atomic E-state index is 0.102. The van der Waals surface area contributed by atoms with Crippen LogP contribution in [0.25, 0.3) is 0 Å². The van der Waals surface area contributed by atoms with E-state index in [9.17, 15) is 4.79 Å². The standard InChI is InChI=1S/C11H14INOS/c1-15-8-2-3-11(14)13-10-6-4-9(12)5-7-10/h4-7H,2-3,8H2,1H3,(H,13,14). The van der Waals surface area contributed by atoms with Gasteiger partial charge in [-0.1, -0.05) is 0 Å². The van der Waals surface area contributed by atoms with Crippen molar-refractivity contribution in [2.75, 3.05) is 17.3 Å². The van der Waals surface area contributed by atoms with Crippen LogP contribution in [0.15, 0.2) is 24.3 Å². The van der Waals surface area contributed by atoms with Gasteiger partial charge in [-0.05, 0) is 65.3 Å². The van der Waals surface area contributed by atoms with E-state index in [-0.39, 0.29) is 5.91 Å². The summed E-state index contributed by atoms with van der Waals surface area (Å²) in [7, 11) is 0. The van der Waals surface area contributed by atoms with Crippen LogP contribution in [0.5, 0.6) is 0 Å². The fourth-order valence-corrected chi connectivity index (χ4v) is 1.93. The van der Waals surface area contributed by atoms with Crippen molar-refractivity contribution in [1.29, 1.82) is 0 Å². The topological polar surface area (TPSA) is 29.1 Å². The van der Waals surface area contributed by atoms with E-state index in [4.69, 9.17) is 0 Å². The number of hydrogen-bond donors (Lipinski definition) is 1. The molecule has 1 rings (SSSR count). The SMILES string of the molecule is CSCCCC(=O)Nc1ccc(I)cc1. The zero-order chi connectivity index (χ0) is 11.1. The molecule has 1 N–H and O–H groups in total. The summed E-state index contributed by atoms with van der Waals surface area (Å²) in [6, 6.07) is 7.82. The Morgan fingerprint density at radius 3 is 2.67 bits per heavy atom. The lowest BCUT2D eigenvalue weighted by atomic mass is 10.3. The van der Waals surface area contributed by atoms with Gasteiger partial charge >= 0.3 is 0 Å². The van der Waals surface area contributed by atoms with E-state index >= 15 is 0 Å². The second-order valence-electron chi connectivity index (χ2n) is 3.15. The van der Waals surface area contributed by atoms with E-state index < -0.39 is 0 Å². The fourth-order valence-electron chi connectivity index (χ4n) is 1.13. The first kappa shape index (κ1) is 12.8. The maximum absolute atomic E-state index is 11.4. The molecular formula is C11H14INOS. The van der Waals surface area contributed by atoms with Crippen LogP contribution in [0.4, 0.5) is 5.69 Å². The molecule has 0 aromatic heterocycles. The average Bonchev–Trinajstić information content (AvgIpc) is 2.22. The summed E-state index contributed by atoms with van der Waals surface area (Å²) in [6.07, 6.45) is 3.60. The number of thioether (sulfide) groups is 1. The van der Waals surface area contributed by atoms with Crippen LogP contribution in [-0.4, -0.2) is 17.9 Å². The number of nitrogens with one attached hydrogen (secondary N) is 1. The molecule has 0 bridgehead atoms. The molecule has 15 heavy (non-hydrogen) atoms. The fraction of sp³-hybridized carbons (Fsp3) is 0.364. The molecule has 0 spiro atoms. The van der Waals surface area contributed by atoms with Crippen molar-refractivity contribution in [2.45, 2.75) is 12.8 Å². The summed E-state index contributed by atoms with van der Waals surface area (Å²) < 4.78 is 1.17. The molecule has 82 valence electrons. The van der Waals surface area contributed by atoms with Crippen LogP contribution in [-0.2, 0) is 4.79 Å². The van der Waals surface area contributed by atoms with Gasteiger partial charge < -0.3 is 5.32 Å². The van der Waals surface area contributed by atoms with Crippen LogP contribution in [0.2, 0.25) is 0 Å². The van der Waals surface area contributed by atoms with Gasteiger partial charge in [-0.2, -0.15) is 11.8 Å². The maximum atomic E-state index is 11.4. The van der Waals surface area contributed by atoms with Gasteiger partial charge in [-0.15, -0.1) is 0 Å². The molecule has 0 saturated heterocycles. The smallest absolute Gasteiger partial charge is 0.224 e. The number of hydrogen-bond acceptors (Lipinski definition) is 2. The van der Waals surface area contributed by atoms with Crippen molar-refractivity contribution in [3.8, 4) is 0 Å². The van der Waals surface area contributed by atoms with Gasteiger partial charge in [0, 0.05) is 15.7 Å². The molecule has 0 fully saturated rings. The van der Waals surface area contributed by atoms with Gasteiger partial charge in [0.15, 0.2) is 0 Å². The molecule has 2 nitrogen and oxygen atoms in total. The first-order valence-electron chi connectivity index (χ1n) is 4.76. The lowest BCUT2D eigenvalue weighted by Gasteiger charge is -2.04. The van der Waals surface area contributed by atoms with Crippen molar-refractivity contribution < 1.29 is 4.79 Å². The van der Waals surface area contributed by atoms with Crippen molar-refractivity contribution in [2.24, 2.45) is 0 Å². The largest absolute Gasteiger partial charge is 0.326 e. The van der Waals surface area contributed by atoms with Gasteiger partial charge in [0.2, 0.25) is 5.91 Å². The number of benzene rings is 1. The predicted molar refractivity (Wildman–Crippen MR) is 75.4 cm³/mol. The summed E-state index contributed by atoms with van der Waals surface area (Å²) in [4.78, 5) is 11.4. The second-order valence-corrected chi connectivity index (χ2v) is 5.38. The van der Waals surface area contributed by atoms with Crippen LogP contribution < -0.4 is 5.32 Å². The van der Waals surface area contributed by atoms with Crippen LogP contribution in [0.3, 0.4) is 0 Å². The normalized spacial score (nSPS) is 10.0. The molecule has 0 radical (unpaired) electrons. The molecule has 1 amide bonds. The number of carbonyl (C=O) groups excluding carboxylic acids is 1. The van der Waals surface area contributed by atoms with Crippen LogP contribution in [0, 0.1) is 3.57 Å². The number of carbonyl (C=O) groups is 1. The molecule has 1 aromatic rings. The first-order valence-corrected chi connectivity index (χ1v) is 7.24. The van der Waals surface area contributed by atoms with Gasteiger partial charge in [0.05, 0.1) is 0 Å². The Morgan fingerprint density at radius 1 is 1.40 bits per heavy atom. The van der Waals surface area contributed by atoms with Gasteiger partial charge in [0.1, 0.15) is 0 Å². The second kappa shape index (κ2) is 7.11. The molecular weight excluding hydrogens is 321 g/mol. The lowest BCUT2D eigenvalue weighted by molar-refractivity contribution is -0.116. The zero-order valence-corrected chi connectivity index (χ0v) is 11.6. The number of rotatable bonds is 5. The molecule has 0 aliphatic carbocycles. The van der Waals surface area contributed by atoms with E-state index in [0.29, 0.717) is 6.42 Å². The van der Waals surface area contributed by atoms with Crippen molar-refractivity contribution in [3.05, 3.63) is 27.8 Å². The third-order valence-corrected chi connectivity index (χ3v) is 3.30. The predicted octanol–water partition coefficient (Wildman–Crippen LogP) is 3.37. The molecule has 0 atom stereocenters. The highest BCUT2D eigenvalue weighted by Gasteiger charge is 2.01. The number of amides is 1. The van der Waals surface area contributed by atoms with Crippen molar-refractivity contribution in [1.82, 2.24) is 0 Å². The maximum Gasteiger partial charge on any atom is 0.224 e. The summed E-state index contributed by atoms with van der Waals surface area (Å²) in [5.41, 5.74) is 0.879. The van der Waals surface area contributed by atoms with E-state index in [2.05, 4.69) is 34.2 Å². The molecule has 0 unspecified atom stereocenters. The Hall–Kier alpha value is -0.230. The minimum absolute atomic E-state index is 0.102. The van der Waals surface area contributed by atoms with Gasteiger partial charge in [-0.3, -0.25) is 4.79 Å². The van der Waals surface area contributed by atoms with Crippen LogP contribution in [0.1, 0.15) is 12.8 Å². The Labute approximate surface area is 108 Å². The number of halogens is 1. The van der Waals surface area contributed by atoms with Crippen molar-refractivity contribution >= 4 is 45.9 Å². The summed E-state index contributed by atoms with van der Waals surface area (Å²) in [5.74, 6) is 1.14. The molecule has 0 aliphatic rings. The minimum Gasteiger partial charge on any atom is -0.326 e.